The molecule has 0 bridgehead atoms. The predicted octanol–water partition coefficient (Wildman–Crippen LogP) is 3.56. The Morgan fingerprint density at radius 1 is 1.00 bits per heavy atom. The van der Waals surface area contributed by atoms with Crippen LogP contribution in [-0.4, -0.2) is 5.79 Å². The fourth-order valence-electron chi connectivity index (χ4n) is 2.15. The van der Waals surface area contributed by atoms with E-state index in [-0.39, 0.29) is 0 Å². The van der Waals surface area contributed by atoms with Crippen molar-refractivity contribution < 1.29 is 13.9 Å². The molecule has 0 atom stereocenters. The van der Waals surface area contributed by atoms with Gasteiger partial charge >= 0.3 is 0 Å². The van der Waals surface area contributed by atoms with Crippen molar-refractivity contribution in [3.63, 3.8) is 0 Å². The Labute approximate surface area is 94.0 Å². The van der Waals surface area contributed by atoms with Gasteiger partial charge in [-0.2, -0.15) is 0 Å². The van der Waals surface area contributed by atoms with E-state index in [2.05, 4.69) is 6.92 Å². The van der Waals surface area contributed by atoms with Crippen LogP contribution in [0.4, 0.5) is 0 Å². The fraction of sp³-hybridized carbons (Fsp3) is 0.385. The second-order valence-corrected chi connectivity index (χ2v) is 4.68. The first-order chi connectivity index (χ1) is 7.49. The second kappa shape index (κ2) is 2.73. The SMILES string of the molecule is Cc1c2c(c3occc3c1C)OC(C)(C)O2. The average Bonchev–Trinajstić information content (AvgIpc) is 2.77. The number of fused-ring (bicyclic) bond motifs is 3. The van der Waals surface area contributed by atoms with Crippen molar-refractivity contribution in [2.45, 2.75) is 33.5 Å². The summed E-state index contributed by atoms with van der Waals surface area (Å²) in [5, 5.41) is 1.09. The highest BCUT2D eigenvalue weighted by Gasteiger charge is 2.36. The Kier molecular flexibility index (Phi) is 1.63. The summed E-state index contributed by atoms with van der Waals surface area (Å²) in [5.41, 5.74) is 3.09. The zero-order valence-corrected chi connectivity index (χ0v) is 9.88. The molecule has 0 fully saturated rings. The Balaban J connectivity index is 2.40. The molecule has 2 aromatic rings. The largest absolute Gasteiger partial charge is 0.460 e. The van der Waals surface area contributed by atoms with E-state index >= 15 is 0 Å². The van der Waals surface area contributed by atoms with E-state index in [1.54, 1.807) is 6.26 Å². The lowest BCUT2D eigenvalue weighted by atomic mass is 10.0. The number of benzene rings is 1. The Morgan fingerprint density at radius 3 is 2.44 bits per heavy atom. The predicted molar refractivity (Wildman–Crippen MR) is 61.0 cm³/mol. The maximum absolute atomic E-state index is 5.80. The van der Waals surface area contributed by atoms with Gasteiger partial charge in [0.2, 0.25) is 11.5 Å². The summed E-state index contributed by atoms with van der Waals surface area (Å²) in [6.45, 7) is 7.92. The highest BCUT2D eigenvalue weighted by Crippen LogP contribution is 2.48. The van der Waals surface area contributed by atoms with E-state index in [1.165, 1.54) is 5.56 Å². The van der Waals surface area contributed by atoms with Crippen LogP contribution in [0.15, 0.2) is 16.7 Å². The van der Waals surface area contributed by atoms with Gasteiger partial charge in [0.15, 0.2) is 11.3 Å². The van der Waals surface area contributed by atoms with Crippen LogP contribution in [0.25, 0.3) is 11.0 Å². The third-order valence-corrected chi connectivity index (χ3v) is 3.08. The van der Waals surface area contributed by atoms with E-state index in [0.29, 0.717) is 0 Å². The van der Waals surface area contributed by atoms with Crippen molar-refractivity contribution in [1.29, 1.82) is 0 Å². The van der Waals surface area contributed by atoms with Crippen molar-refractivity contribution in [2.75, 3.05) is 0 Å². The molecule has 2 heterocycles. The van der Waals surface area contributed by atoms with Crippen LogP contribution in [0.3, 0.4) is 0 Å². The minimum atomic E-state index is -0.611. The van der Waals surface area contributed by atoms with Crippen LogP contribution in [0.2, 0.25) is 0 Å². The van der Waals surface area contributed by atoms with E-state index in [0.717, 1.165) is 28.0 Å². The summed E-state index contributed by atoms with van der Waals surface area (Å²) in [4.78, 5) is 0. The number of rotatable bonds is 0. The van der Waals surface area contributed by atoms with Gasteiger partial charge in [-0.25, -0.2) is 0 Å². The average molecular weight is 218 g/mol. The van der Waals surface area contributed by atoms with Gasteiger partial charge in [0.1, 0.15) is 0 Å². The molecule has 0 amide bonds. The minimum absolute atomic E-state index is 0.611. The minimum Gasteiger partial charge on any atom is -0.460 e. The molecule has 0 saturated carbocycles. The number of furan rings is 1. The lowest BCUT2D eigenvalue weighted by Crippen LogP contribution is -2.29. The first kappa shape index (κ1) is 9.58. The van der Waals surface area contributed by atoms with Gasteiger partial charge in [0, 0.05) is 19.2 Å². The highest BCUT2D eigenvalue weighted by molar-refractivity contribution is 5.91. The maximum atomic E-state index is 5.80. The summed E-state index contributed by atoms with van der Waals surface area (Å²) in [6, 6.07) is 1.96. The summed E-state index contributed by atoms with van der Waals surface area (Å²) in [7, 11) is 0. The summed E-state index contributed by atoms with van der Waals surface area (Å²) in [5.74, 6) is 0.929. The van der Waals surface area contributed by atoms with Crippen molar-refractivity contribution in [3.05, 3.63) is 23.5 Å². The van der Waals surface area contributed by atoms with E-state index < -0.39 is 5.79 Å². The molecule has 16 heavy (non-hydrogen) atoms. The van der Waals surface area contributed by atoms with Crippen LogP contribution in [0.5, 0.6) is 11.5 Å². The first-order valence-electron chi connectivity index (χ1n) is 5.38. The van der Waals surface area contributed by atoms with E-state index in [4.69, 9.17) is 13.9 Å². The number of hydrogen-bond acceptors (Lipinski definition) is 3. The molecule has 0 unspecified atom stereocenters. The molecule has 3 nitrogen and oxygen atoms in total. The number of ether oxygens (including phenoxy) is 2. The molecule has 0 radical (unpaired) electrons. The standard InChI is InChI=1S/C13H14O3/c1-7-8(2)10-12(16-13(3,4)15-10)11-9(7)5-6-14-11/h5-6H,1-4H3. The highest BCUT2D eigenvalue weighted by atomic mass is 16.7. The van der Waals surface area contributed by atoms with Gasteiger partial charge in [0.25, 0.3) is 0 Å². The lowest BCUT2D eigenvalue weighted by molar-refractivity contribution is -0.0432. The molecule has 3 rings (SSSR count). The van der Waals surface area contributed by atoms with Crippen molar-refractivity contribution in [2.24, 2.45) is 0 Å². The zero-order chi connectivity index (χ0) is 11.5. The smallest absolute Gasteiger partial charge is 0.246 e. The fourth-order valence-corrected chi connectivity index (χ4v) is 2.15. The first-order valence-corrected chi connectivity index (χ1v) is 5.38. The van der Waals surface area contributed by atoms with Gasteiger partial charge < -0.3 is 13.9 Å². The second-order valence-electron chi connectivity index (χ2n) is 4.68. The van der Waals surface area contributed by atoms with Crippen LogP contribution in [0, 0.1) is 13.8 Å². The molecule has 0 aliphatic carbocycles. The summed E-state index contributed by atoms with van der Waals surface area (Å²) >= 11 is 0. The number of aryl methyl sites for hydroxylation is 1. The normalized spacial score (nSPS) is 17.0. The van der Waals surface area contributed by atoms with Crippen molar-refractivity contribution >= 4 is 11.0 Å². The van der Waals surface area contributed by atoms with Gasteiger partial charge in [-0.15, -0.1) is 0 Å². The van der Waals surface area contributed by atoms with Gasteiger partial charge in [0.05, 0.1) is 6.26 Å². The number of hydrogen-bond donors (Lipinski definition) is 0. The third kappa shape index (κ3) is 1.08. The molecule has 1 aromatic heterocycles. The molecule has 1 aliphatic heterocycles. The van der Waals surface area contributed by atoms with Crippen molar-refractivity contribution in [3.8, 4) is 11.5 Å². The zero-order valence-electron chi connectivity index (χ0n) is 9.88. The van der Waals surface area contributed by atoms with Crippen molar-refractivity contribution in [1.82, 2.24) is 0 Å². The molecule has 0 N–H and O–H groups in total. The summed E-state index contributed by atoms with van der Waals surface area (Å²) in [6.07, 6.45) is 1.69. The Morgan fingerprint density at radius 2 is 1.69 bits per heavy atom. The van der Waals surface area contributed by atoms with E-state index in [1.807, 2.05) is 26.8 Å². The summed E-state index contributed by atoms with van der Waals surface area (Å²) < 4.78 is 17.1. The van der Waals surface area contributed by atoms with Gasteiger partial charge in [-0.3, -0.25) is 0 Å². The van der Waals surface area contributed by atoms with Crippen LogP contribution >= 0.6 is 0 Å². The molecule has 0 spiro atoms. The third-order valence-electron chi connectivity index (χ3n) is 3.08. The van der Waals surface area contributed by atoms with Crippen LogP contribution < -0.4 is 9.47 Å². The molecule has 1 aliphatic rings. The van der Waals surface area contributed by atoms with E-state index in [9.17, 15) is 0 Å². The maximum Gasteiger partial charge on any atom is 0.246 e. The molecular formula is C13H14O3. The Hall–Kier alpha value is -1.64. The van der Waals surface area contributed by atoms with Crippen LogP contribution in [-0.2, 0) is 0 Å². The molecular weight excluding hydrogens is 204 g/mol. The Bertz CT molecular complexity index is 578. The monoisotopic (exact) mass is 218 g/mol. The topological polar surface area (TPSA) is 31.6 Å². The molecule has 0 saturated heterocycles. The molecule has 3 heteroatoms. The lowest BCUT2D eigenvalue weighted by Gasteiger charge is -2.16. The molecule has 84 valence electrons. The molecule has 1 aromatic carbocycles. The van der Waals surface area contributed by atoms with Crippen LogP contribution in [0.1, 0.15) is 25.0 Å². The quantitative estimate of drug-likeness (QED) is 0.677. The van der Waals surface area contributed by atoms with Gasteiger partial charge in [-0.1, -0.05) is 0 Å². The van der Waals surface area contributed by atoms with Gasteiger partial charge in [-0.05, 0) is 31.0 Å².